The van der Waals surface area contributed by atoms with E-state index in [0.717, 1.165) is 5.92 Å². The van der Waals surface area contributed by atoms with Crippen LogP contribution < -0.4 is 0 Å². The van der Waals surface area contributed by atoms with Crippen molar-refractivity contribution in [1.29, 1.82) is 0 Å². The summed E-state index contributed by atoms with van der Waals surface area (Å²) in [4.78, 5) is 0.575. The Bertz CT molecular complexity index is 238. The van der Waals surface area contributed by atoms with Crippen molar-refractivity contribution in [1.82, 2.24) is 0 Å². The van der Waals surface area contributed by atoms with Crippen molar-refractivity contribution >= 4 is 15.9 Å². The first-order valence-electron chi connectivity index (χ1n) is 4.55. The fraction of sp³-hybridized carbons (Fsp3) is 0.455. The molecule has 0 heterocycles. The highest BCUT2D eigenvalue weighted by Gasteiger charge is 2.24. The van der Waals surface area contributed by atoms with Crippen LogP contribution in [0.2, 0.25) is 0 Å². The van der Waals surface area contributed by atoms with Crippen molar-refractivity contribution in [2.45, 2.75) is 24.1 Å². The summed E-state index contributed by atoms with van der Waals surface area (Å²) in [5.41, 5.74) is 1.42. The first kappa shape index (κ1) is 8.31. The topological polar surface area (TPSA) is 0 Å². The number of halogens is 1. The maximum atomic E-state index is 3.73. The van der Waals surface area contributed by atoms with E-state index in [2.05, 4.69) is 46.3 Å². The van der Waals surface area contributed by atoms with Gasteiger partial charge in [0.1, 0.15) is 0 Å². The van der Waals surface area contributed by atoms with E-state index in [9.17, 15) is 0 Å². The van der Waals surface area contributed by atoms with E-state index in [-0.39, 0.29) is 0 Å². The summed E-state index contributed by atoms with van der Waals surface area (Å²) < 4.78 is 0. The van der Waals surface area contributed by atoms with Crippen LogP contribution in [0.4, 0.5) is 0 Å². The molecule has 1 aliphatic rings. The minimum atomic E-state index is 0.575. The second-order valence-electron chi connectivity index (χ2n) is 3.56. The Labute approximate surface area is 82.1 Å². The van der Waals surface area contributed by atoms with Gasteiger partial charge in [-0.1, -0.05) is 59.1 Å². The molecule has 0 bridgehead atoms. The molecule has 1 aliphatic carbocycles. The molecule has 0 nitrogen and oxygen atoms in total. The van der Waals surface area contributed by atoms with E-state index in [1.54, 1.807) is 0 Å². The van der Waals surface area contributed by atoms with Gasteiger partial charge in [0.15, 0.2) is 0 Å². The molecule has 0 aliphatic heterocycles. The SMILES string of the molecule is BrC(CC1CC1)c1ccccc1. The summed E-state index contributed by atoms with van der Waals surface area (Å²) in [5.74, 6) is 0.995. The number of hydrogen-bond acceptors (Lipinski definition) is 0. The maximum Gasteiger partial charge on any atom is 0.0397 e. The smallest absolute Gasteiger partial charge is 0.0397 e. The molecule has 0 spiro atoms. The van der Waals surface area contributed by atoms with Crippen LogP contribution >= 0.6 is 15.9 Å². The van der Waals surface area contributed by atoms with E-state index in [4.69, 9.17) is 0 Å². The highest BCUT2D eigenvalue weighted by molar-refractivity contribution is 9.09. The molecule has 0 aromatic heterocycles. The van der Waals surface area contributed by atoms with Gasteiger partial charge < -0.3 is 0 Å². The molecule has 2 rings (SSSR count). The number of benzene rings is 1. The Hall–Kier alpha value is -0.300. The predicted molar refractivity (Wildman–Crippen MR) is 55.5 cm³/mol. The first-order valence-corrected chi connectivity index (χ1v) is 5.47. The maximum absolute atomic E-state index is 3.73. The third kappa shape index (κ3) is 2.10. The average molecular weight is 225 g/mol. The number of alkyl halides is 1. The van der Waals surface area contributed by atoms with Crippen LogP contribution in [0.1, 0.15) is 29.7 Å². The van der Waals surface area contributed by atoms with Crippen LogP contribution in [0, 0.1) is 5.92 Å². The van der Waals surface area contributed by atoms with Gasteiger partial charge in [-0.15, -0.1) is 0 Å². The Morgan fingerprint density at radius 3 is 2.50 bits per heavy atom. The lowest BCUT2D eigenvalue weighted by atomic mass is 10.1. The van der Waals surface area contributed by atoms with Crippen LogP contribution in [-0.2, 0) is 0 Å². The quantitative estimate of drug-likeness (QED) is 0.684. The van der Waals surface area contributed by atoms with Crippen molar-refractivity contribution < 1.29 is 0 Å². The molecule has 1 heteroatoms. The summed E-state index contributed by atoms with van der Waals surface area (Å²) in [7, 11) is 0. The number of rotatable bonds is 3. The van der Waals surface area contributed by atoms with Crippen molar-refractivity contribution in [3.05, 3.63) is 35.9 Å². The largest absolute Gasteiger partial charge is 0.0839 e. The molecule has 1 aromatic carbocycles. The zero-order valence-electron chi connectivity index (χ0n) is 7.04. The van der Waals surface area contributed by atoms with E-state index in [0.29, 0.717) is 4.83 Å². The van der Waals surface area contributed by atoms with Crippen LogP contribution in [0.15, 0.2) is 30.3 Å². The van der Waals surface area contributed by atoms with Gasteiger partial charge in [0.2, 0.25) is 0 Å². The molecule has 1 saturated carbocycles. The molecule has 0 N–H and O–H groups in total. The predicted octanol–water partition coefficient (Wildman–Crippen LogP) is 3.92. The molecule has 0 saturated heterocycles. The summed E-state index contributed by atoms with van der Waals surface area (Å²) in [6.45, 7) is 0. The molecule has 0 radical (unpaired) electrons. The van der Waals surface area contributed by atoms with Crippen LogP contribution in [0.3, 0.4) is 0 Å². The average Bonchev–Trinajstić information content (AvgIpc) is 2.90. The van der Waals surface area contributed by atoms with Gasteiger partial charge in [-0.3, -0.25) is 0 Å². The molecule has 12 heavy (non-hydrogen) atoms. The Morgan fingerprint density at radius 2 is 1.92 bits per heavy atom. The highest BCUT2D eigenvalue weighted by atomic mass is 79.9. The zero-order valence-corrected chi connectivity index (χ0v) is 8.63. The van der Waals surface area contributed by atoms with Gasteiger partial charge in [-0.05, 0) is 17.9 Å². The molecular weight excluding hydrogens is 212 g/mol. The summed E-state index contributed by atoms with van der Waals surface area (Å²) in [6, 6.07) is 10.7. The first-order chi connectivity index (χ1) is 5.86. The fourth-order valence-electron chi connectivity index (χ4n) is 1.44. The molecule has 1 atom stereocenters. The lowest BCUT2D eigenvalue weighted by molar-refractivity contribution is 0.721. The van der Waals surface area contributed by atoms with Crippen molar-refractivity contribution in [3.63, 3.8) is 0 Å². The van der Waals surface area contributed by atoms with E-state index < -0.39 is 0 Å². The molecule has 1 aromatic rings. The Kier molecular flexibility index (Phi) is 2.50. The standard InChI is InChI=1S/C11H13Br/c12-11(8-9-6-7-9)10-4-2-1-3-5-10/h1-5,9,11H,6-8H2. The minimum Gasteiger partial charge on any atom is -0.0839 e. The van der Waals surface area contributed by atoms with Gasteiger partial charge in [0, 0.05) is 4.83 Å². The molecule has 0 amide bonds. The van der Waals surface area contributed by atoms with Crippen LogP contribution in [0.25, 0.3) is 0 Å². The monoisotopic (exact) mass is 224 g/mol. The molecule has 1 unspecified atom stereocenters. The Balaban J connectivity index is 1.98. The second kappa shape index (κ2) is 3.61. The third-order valence-electron chi connectivity index (χ3n) is 2.40. The lowest BCUT2D eigenvalue weighted by Crippen LogP contribution is -1.90. The third-order valence-corrected chi connectivity index (χ3v) is 3.30. The van der Waals surface area contributed by atoms with Gasteiger partial charge in [0.25, 0.3) is 0 Å². The van der Waals surface area contributed by atoms with Gasteiger partial charge in [-0.2, -0.15) is 0 Å². The molecular formula is C11H13Br. The summed E-state index contributed by atoms with van der Waals surface area (Å²) >= 11 is 3.73. The normalized spacial score (nSPS) is 19.1. The van der Waals surface area contributed by atoms with Gasteiger partial charge in [0.05, 0.1) is 0 Å². The molecule has 64 valence electrons. The lowest BCUT2D eigenvalue weighted by Gasteiger charge is -2.08. The zero-order chi connectivity index (χ0) is 8.39. The summed E-state index contributed by atoms with van der Waals surface area (Å²) in [6.07, 6.45) is 4.19. The van der Waals surface area contributed by atoms with Crippen molar-refractivity contribution in [3.8, 4) is 0 Å². The van der Waals surface area contributed by atoms with Crippen LogP contribution in [-0.4, -0.2) is 0 Å². The number of hydrogen-bond donors (Lipinski definition) is 0. The van der Waals surface area contributed by atoms with Crippen molar-refractivity contribution in [2.75, 3.05) is 0 Å². The second-order valence-corrected chi connectivity index (χ2v) is 4.66. The van der Waals surface area contributed by atoms with Gasteiger partial charge in [-0.25, -0.2) is 0 Å². The summed E-state index contributed by atoms with van der Waals surface area (Å²) in [5, 5.41) is 0. The van der Waals surface area contributed by atoms with Crippen LogP contribution in [0.5, 0.6) is 0 Å². The molecule has 1 fully saturated rings. The highest BCUT2D eigenvalue weighted by Crippen LogP contribution is 2.40. The fourth-order valence-corrected chi connectivity index (χ4v) is 2.28. The Morgan fingerprint density at radius 1 is 1.25 bits per heavy atom. The van der Waals surface area contributed by atoms with E-state index in [1.807, 2.05) is 0 Å². The minimum absolute atomic E-state index is 0.575. The van der Waals surface area contributed by atoms with Gasteiger partial charge >= 0.3 is 0 Å². The van der Waals surface area contributed by atoms with E-state index in [1.165, 1.54) is 24.8 Å². The van der Waals surface area contributed by atoms with E-state index >= 15 is 0 Å². The van der Waals surface area contributed by atoms with Crippen molar-refractivity contribution in [2.24, 2.45) is 5.92 Å².